The summed E-state index contributed by atoms with van der Waals surface area (Å²) < 4.78 is 43.9. The van der Waals surface area contributed by atoms with Crippen LogP contribution in [0.2, 0.25) is 0 Å². The Morgan fingerprint density at radius 3 is 2.64 bits per heavy atom. The highest BCUT2D eigenvalue weighted by Gasteiger charge is 2.30. The van der Waals surface area contributed by atoms with Crippen molar-refractivity contribution in [2.45, 2.75) is 31.5 Å². The molecule has 1 fully saturated rings. The van der Waals surface area contributed by atoms with E-state index >= 15 is 0 Å². The van der Waals surface area contributed by atoms with Gasteiger partial charge in [-0.15, -0.1) is 0 Å². The van der Waals surface area contributed by atoms with E-state index in [-0.39, 0.29) is 11.9 Å². The predicted molar refractivity (Wildman–Crippen MR) is 100 cm³/mol. The molecule has 150 valence electrons. The lowest BCUT2D eigenvalue weighted by atomic mass is 10.1. The van der Waals surface area contributed by atoms with Gasteiger partial charge in [-0.3, -0.25) is 9.69 Å². The molecule has 0 saturated carbocycles. The van der Waals surface area contributed by atoms with Gasteiger partial charge in [0, 0.05) is 12.6 Å². The van der Waals surface area contributed by atoms with Crippen molar-refractivity contribution in [3.05, 3.63) is 65.6 Å². The Labute approximate surface area is 162 Å². The summed E-state index contributed by atoms with van der Waals surface area (Å²) in [4.78, 5) is 14.5. The molecule has 0 radical (unpaired) electrons. The maximum absolute atomic E-state index is 12.8. The van der Waals surface area contributed by atoms with E-state index in [0.717, 1.165) is 43.8 Å². The molecule has 0 bridgehead atoms. The van der Waals surface area contributed by atoms with E-state index in [2.05, 4.69) is 10.2 Å². The van der Waals surface area contributed by atoms with Gasteiger partial charge in [0.15, 0.2) is 0 Å². The second-order valence-electron chi connectivity index (χ2n) is 6.83. The maximum atomic E-state index is 12.8. The van der Waals surface area contributed by atoms with Crippen LogP contribution in [0.15, 0.2) is 53.2 Å². The van der Waals surface area contributed by atoms with Gasteiger partial charge < -0.3 is 9.73 Å². The van der Waals surface area contributed by atoms with E-state index in [1.54, 1.807) is 6.26 Å². The lowest BCUT2D eigenvalue weighted by Gasteiger charge is -2.33. The van der Waals surface area contributed by atoms with Crippen LogP contribution in [-0.2, 0) is 11.0 Å². The molecule has 2 aromatic rings. The number of furan rings is 1. The number of hydrogen-bond acceptors (Lipinski definition) is 3. The fourth-order valence-electron chi connectivity index (χ4n) is 3.37. The van der Waals surface area contributed by atoms with E-state index < -0.39 is 11.7 Å². The normalized spacial score (nSPS) is 17.0. The Morgan fingerprint density at radius 2 is 1.96 bits per heavy atom. The molecular weight excluding hydrogens is 369 g/mol. The van der Waals surface area contributed by atoms with Gasteiger partial charge in [-0.2, -0.15) is 13.2 Å². The molecule has 7 heteroatoms. The first-order chi connectivity index (χ1) is 13.4. The summed E-state index contributed by atoms with van der Waals surface area (Å²) >= 11 is 0. The molecule has 1 saturated heterocycles. The fraction of sp³-hybridized carbons (Fsp3) is 0.381. The molecule has 0 spiro atoms. The van der Waals surface area contributed by atoms with Crippen molar-refractivity contribution in [3.63, 3.8) is 0 Å². The number of hydrogen-bond donors (Lipinski definition) is 1. The van der Waals surface area contributed by atoms with E-state index in [1.165, 1.54) is 30.7 Å². The van der Waals surface area contributed by atoms with Crippen LogP contribution in [-0.4, -0.2) is 30.4 Å². The zero-order valence-corrected chi connectivity index (χ0v) is 15.4. The third kappa shape index (κ3) is 5.48. The molecule has 1 amide bonds. The summed E-state index contributed by atoms with van der Waals surface area (Å²) in [5, 5.41) is 2.83. The highest BCUT2D eigenvalue weighted by atomic mass is 19.4. The number of carbonyl (C=O) groups excluding carboxylic acids is 1. The topological polar surface area (TPSA) is 45.5 Å². The van der Waals surface area contributed by atoms with Crippen molar-refractivity contribution in [1.82, 2.24) is 10.2 Å². The van der Waals surface area contributed by atoms with Crippen LogP contribution in [0.25, 0.3) is 6.08 Å². The zero-order valence-electron chi connectivity index (χ0n) is 15.4. The van der Waals surface area contributed by atoms with E-state index in [9.17, 15) is 18.0 Å². The third-order valence-electron chi connectivity index (χ3n) is 4.81. The molecule has 3 rings (SSSR count). The number of piperidine rings is 1. The summed E-state index contributed by atoms with van der Waals surface area (Å²) in [5.41, 5.74) is -0.415. The number of benzene rings is 1. The second-order valence-corrected chi connectivity index (χ2v) is 6.83. The summed E-state index contributed by atoms with van der Waals surface area (Å²) in [7, 11) is 0. The van der Waals surface area contributed by atoms with E-state index in [1.807, 2.05) is 12.1 Å². The molecule has 1 aromatic heterocycles. The Kier molecular flexibility index (Phi) is 6.57. The Hall–Kier alpha value is -2.54. The van der Waals surface area contributed by atoms with Gasteiger partial charge in [-0.1, -0.05) is 18.6 Å². The number of alkyl halides is 3. The average molecular weight is 392 g/mol. The van der Waals surface area contributed by atoms with Crippen LogP contribution in [0.1, 0.15) is 42.2 Å². The van der Waals surface area contributed by atoms with Crippen LogP contribution in [0, 0.1) is 0 Å². The van der Waals surface area contributed by atoms with Crippen molar-refractivity contribution in [2.75, 3.05) is 19.6 Å². The number of nitrogens with zero attached hydrogens (tertiary/aromatic N) is 1. The number of likely N-dealkylation sites (tertiary alicyclic amines) is 1. The molecule has 1 aliphatic heterocycles. The van der Waals surface area contributed by atoms with Gasteiger partial charge in [-0.25, -0.2) is 0 Å². The lowest BCUT2D eigenvalue weighted by Crippen LogP contribution is -2.40. The van der Waals surface area contributed by atoms with Crippen LogP contribution in [0.3, 0.4) is 0 Å². The van der Waals surface area contributed by atoms with Gasteiger partial charge in [-0.05, 0) is 61.8 Å². The average Bonchev–Trinajstić information content (AvgIpc) is 3.21. The first-order valence-electron chi connectivity index (χ1n) is 9.34. The number of nitrogens with one attached hydrogen (secondary N) is 1. The minimum absolute atomic E-state index is 0.0544. The SMILES string of the molecule is O=C(/C=C/c1cccc(C(F)(F)F)c1)NCC(c1ccco1)N1CCCCC1. The van der Waals surface area contributed by atoms with Crippen LogP contribution in [0.5, 0.6) is 0 Å². The largest absolute Gasteiger partial charge is 0.468 e. The highest BCUT2D eigenvalue weighted by Crippen LogP contribution is 2.29. The van der Waals surface area contributed by atoms with Gasteiger partial charge in [0.05, 0.1) is 17.9 Å². The number of carbonyl (C=O) groups is 1. The van der Waals surface area contributed by atoms with E-state index in [4.69, 9.17) is 4.42 Å². The molecule has 1 atom stereocenters. The Morgan fingerprint density at radius 1 is 1.18 bits per heavy atom. The highest BCUT2D eigenvalue weighted by molar-refractivity contribution is 5.91. The van der Waals surface area contributed by atoms with Crippen molar-refractivity contribution in [2.24, 2.45) is 0 Å². The maximum Gasteiger partial charge on any atom is 0.416 e. The summed E-state index contributed by atoms with van der Waals surface area (Å²) in [5.74, 6) is 0.440. The standard InChI is InChI=1S/C21H23F3N2O2/c22-21(23,24)17-7-4-6-16(14-17)9-10-20(27)25-15-18(19-8-5-13-28-19)26-11-2-1-3-12-26/h4-10,13-14,18H,1-3,11-12,15H2,(H,25,27)/b10-9+. The third-order valence-corrected chi connectivity index (χ3v) is 4.81. The molecule has 28 heavy (non-hydrogen) atoms. The quantitative estimate of drug-likeness (QED) is 0.728. The minimum atomic E-state index is -4.41. The minimum Gasteiger partial charge on any atom is -0.468 e. The molecule has 1 aliphatic rings. The van der Waals surface area contributed by atoms with E-state index in [0.29, 0.717) is 12.1 Å². The van der Waals surface area contributed by atoms with Crippen molar-refractivity contribution >= 4 is 12.0 Å². The predicted octanol–water partition coefficient (Wildman–Crippen LogP) is 4.66. The molecule has 1 N–H and O–H groups in total. The Bertz CT molecular complexity index is 794. The molecule has 4 nitrogen and oxygen atoms in total. The first kappa shape index (κ1) is 20.2. The van der Waals surface area contributed by atoms with Crippen LogP contribution >= 0.6 is 0 Å². The molecule has 1 unspecified atom stereocenters. The summed E-state index contributed by atoms with van der Waals surface area (Å²) in [6, 6.07) is 8.53. The lowest BCUT2D eigenvalue weighted by molar-refractivity contribution is -0.137. The Balaban J connectivity index is 1.61. The van der Waals surface area contributed by atoms with Crippen LogP contribution in [0.4, 0.5) is 13.2 Å². The van der Waals surface area contributed by atoms with Crippen molar-refractivity contribution in [1.29, 1.82) is 0 Å². The summed E-state index contributed by atoms with van der Waals surface area (Å²) in [6.07, 6.45) is 3.27. The van der Waals surface area contributed by atoms with Gasteiger partial charge in [0.1, 0.15) is 5.76 Å². The molecular formula is C21H23F3N2O2. The second kappa shape index (κ2) is 9.10. The first-order valence-corrected chi connectivity index (χ1v) is 9.34. The molecule has 1 aromatic carbocycles. The number of halogens is 3. The monoisotopic (exact) mass is 392 g/mol. The van der Waals surface area contributed by atoms with Crippen LogP contribution < -0.4 is 5.32 Å². The number of rotatable bonds is 6. The molecule has 0 aliphatic carbocycles. The van der Waals surface area contributed by atoms with Gasteiger partial charge >= 0.3 is 6.18 Å². The van der Waals surface area contributed by atoms with Crippen molar-refractivity contribution < 1.29 is 22.4 Å². The van der Waals surface area contributed by atoms with Gasteiger partial charge in [0.25, 0.3) is 0 Å². The van der Waals surface area contributed by atoms with Crippen molar-refractivity contribution in [3.8, 4) is 0 Å². The summed E-state index contributed by atoms with van der Waals surface area (Å²) in [6.45, 7) is 2.27. The zero-order chi connectivity index (χ0) is 20.0. The smallest absolute Gasteiger partial charge is 0.416 e. The fourth-order valence-corrected chi connectivity index (χ4v) is 3.37. The number of amides is 1. The van der Waals surface area contributed by atoms with Gasteiger partial charge in [0.2, 0.25) is 5.91 Å². The molecule has 2 heterocycles.